The second kappa shape index (κ2) is 11.9. The zero-order chi connectivity index (χ0) is 14.6. The van der Waals surface area contributed by atoms with Crippen molar-refractivity contribution in [1.29, 1.82) is 0 Å². The zero-order valence-corrected chi connectivity index (χ0v) is 9.41. The van der Waals surface area contributed by atoms with Gasteiger partial charge < -0.3 is 26.8 Å². The number of nitrogens with two attached hydrogens (primary N) is 2. The van der Waals surface area contributed by atoms with E-state index in [1.807, 2.05) is 0 Å². The van der Waals surface area contributed by atoms with Crippen LogP contribution in [0.5, 0.6) is 0 Å². The number of carboxylic acids is 3. The van der Waals surface area contributed by atoms with Crippen molar-refractivity contribution in [2.24, 2.45) is 11.5 Å². The van der Waals surface area contributed by atoms with E-state index in [1.54, 1.807) is 0 Å². The average Bonchev–Trinajstić information content (AvgIpc) is 1.99. The zero-order valence-electron chi connectivity index (χ0n) is 9.41. The SMILES string of the molecule is CC(=O)O.CC(=O)O.NC(=O)C[C@H](N)C(=O)O. The van der Waals surface area contributed by atoms with E-state index in [4.69, 9.17) is 30.6 Å². The first-order chi connectivity index (χ1) is 7.50. The van der Waals surface area contributed by atoms with Gasteiger partial charge in [0.15, 0.2) is 0 Å². The van der Waals surface area contributed by atoms with E-state index < -0.39 is 29.9 Å². The van der Waals surface area contributed by atoms with E-state index in [0.29, 0.717) is 0 Å². The molecule has 100 valence electrons. The van der Waals surface area contributed by atoms with Crippen molar-refractivity contribution in [2.75, 3.05) is 0 Å². The van der Waals surface area contributed by atoms with Crippen molar-refractivity contribution in [3.63, 3.8) is 0 Å². The smallest absolute Gasteiger partial charge is 0.321 e. The lowest BCUT2D eigenvalue weighted by Crippen LogP contribution is -2.34. The fraction of sp³-hybridized carbons (Fsp3) is 0.500. The van der Waals surface area contributed by atoms with E-state index in [9.17, 15) is 9.59 Å². The first kappa shape index (κ1) is 20.3. The summed E-state index contributed by atoms with van der Waals surface area (Å²) in [5.41, 5.74) is 9.57. The molecule has 1 atom stereocenters. The molecule has 9 nitrogen and oxygen atoms in total. The Hall–Kier alpha value is -2.16. The summed E-state index contributed by atoms with van der Waals surface area (Å²) in [6, 6.07) is -1.16. The third-order valence-corrected chi connectivity index (χ3v) is 0.738. The highest BCUT2D eigenvalue weighted by molar-refractivity contribution is 5.83. The molecule has 0 radical (unpaired) electrons. The van der Waals surface area contributed by atoms with Crippen LogP contribution in [0.4, 0.5) is 0 Å². The summed E-state index contributed by atoms with van der Waals surface area (Å²) in [5, 5.41) is 22.9. The predicted molar refractivity (Wildman–Crippen MR) is 56.0 cm³/mol. The molecule has 0 aromatic heterocycles. The van der Waals surface area contributed by atoms with Gasteiger partial charge in [-0.1, -0.05) is 0 Å². The quantitative estimate of drug-likeness (QED) is 0.400. The van der Waals surface area contributed by atoms with Crippen molar-refractivity contribution in [2.45, 2.75) is 26.3 Å². The summed E-state index contributed by atoms with van der Waals surface area (Å²) in [6.45, 7) is 2.17. The lowest BCUT2D eigenvalue weighted by molar-refractivity contribution is -0.140. The van der Waals surface area contributed by atoms with Crippen molar-refractivity contribution in [3.8, 4) is 0 Å². The van der Waals surface area contributed by atoms with Gasteiger partial charge in [-0.2, -0.15) is 0 Å². The highest BCUT2D eigenvalue weighted by atomic mass is 16.4. The molecule has 0 saturated heterocycles. The summed E-state index contributed by atoms with van der Waals surface area (Å²) in [7, 11) is 0. The Balaban J connectivity index is -0.000000205. The van der Waals surface area contributed by atoms with Crippen molar-refractivity contribution >= 4 is 23.8 Å². The number of primary amides is 1. The molecule has 0 bridgehead atoms. The number of hydrogen-bond acceptors (Lipinski definition) is 5. The van der Waals surface area contributed by atoms with Gasteiger partial charge in [-0.15, -0.1) is 0 Å². The number of carboxylic acid groups (broad SMARTS) is 3. The number of aliphatic carboxylic acids is 3. The second-order valence-corrected chi connectivity index (χ2v) is 2.65. The van der Waals surface area contributed by atoms with Gasteiger partial charge in [0.25, 0.3) is 11.9 Å². The second-order valence-electron chi connectivity index (χ2n) is 2.65. The molecule has 0 aliphatic rings. The summed E-state index contributed by atoms with van der Waals surface area (Å²) < 4.78 is 0. The van der Waals surface area contributed by atoms with Crippen LogP contribution in [0.15, 0.2) is 0 Å². The van der Waals surface area contributed by atoms with Gasteiger partial charge in [0.05, 0.1) is 6.42 Å². The fourth-order valence-electron chi connectivity index (χ4n) is 0.304. The van der Waals surface area contributed by atoms with Gasteiger partial charge >= 0.3 is 5.97 Å². The topological polar surface area (TPSA) is 181 Å². The summed E-state index contributed by atoms with van der Waals surface area (Å²) >= 11 is 0. The summed E-state index contributed by atoms with van der Waals surface area (Å²) in [4.78, 5) is 37.9. The molecule has 0 unspecified atom stereocenters. The van der Waals surface area contributed by atoms with Crippen molar-refractivity contribution < 1.29 is 34.5 Å². The maximum absolute atomic E-state index is 9.99. The Morgan fingerprint density at radius 3 is 1.29 bits per heavy atom. The highest BCUT2D eigenvalue weighted by Crippen LogP contribution is 1.84. The normalized spacial score (nSPS) is 9.59. The van der Waals surface area contributed by atoms with Crippen LogP contribution in [0.25, 0.3) is 0 Å². The molecule has 9 heteroatoms. The first-order valence-electron chi connectivity index (χ1n) is 4.16. The third-order valence-electron chi connectivity index (χ3n) is 0.738. The molecule has 7 N–H and O–H groups in total. The molecule has 0 aliphatic carbocycles. The van der Waals surface area contributed by atoms with Crippen LogP contribution >= 0.6 is 0 Å². The number of hydrogen-bond donors (Lipinski definition) is 5. The maximum Gasteiger partial charge on any atom is 0.321 e. The number of rotatable bonds is 3. The predicted octanol–water partition coefficient (Wildman–Crippen LogP) is -1.54. The van der Waals surface area contributed by atoms with E-state index in [2.05, 4.69) is 5.73 Å². The Labute approximate surface area is 97.0 Å². The molecule has 0 aromatic rings. The van der Waals surface area contributed by atoms with Gasteiger partial charge in [0.1, 0.15) is 6.04 Å². The summed E-state index contributed by atoms with van der Waals surface area (Å²) in [5.74, 6) is -3.58. The van der Waals surface area contributed by atoms with E-state index in [0.717, 1.165) is 13.8 Å². The minimum atomic E-state index is -1.21. The highest BCUT2D eigenvalue weighted by Gasteiger charge is 2.13. The van der Waals surface area contributed by atoms with Crippen LogP contribution in [0, 0.1) is 0 Å². The van der Waals surface area contributed by atoms with Crippen LogP contribution in [-0.2, 0) is 19.2 Å². The van der Waals surface area contributed by atoms with E-state index >= 15 is 0 Å². The lowest BCUT2D eigenvalue weighted by Gasteiger charge is -1.99. The van der Waals surface area contributed by atoms with Crippen LogP contribution < -0.4 is 11.5 Å². The lowest BCUT2D eigenvalue weighted by atomic mass is 10.2. The average molecular weight is 252 g/mol. The molecule has 0 fully saturated rings. The molecular weight excluding hydrogens is 236 g/mol. The van der Waals surface area contributed by atoms with Crippen molar-refractivity contribution in [1.82, 2.24) is 0 Å². The molecule has 0 heterocycles. The van der Waals surface area contributed by atoms with Crippen LogP contribution in [-0.4, -0.2) is 45.2 Å². The number of carbonyl (C=O) groups excluding carboxylic acids is 1. The van der Waals surface area contributed by atoms with Crippen molar-refractivity contribution in [3.05, 3.63) is 0 Å². The summed E-state index contributed by atoms with van der Waals surface area (Å²) in [6.07, 6.45) is -0.310. The fourth-order valence-corrected chi connectivity index (χ4v) is 0.304. The minimum absolute atomic E-state index is 0.310. The van der Waals surface area contributed by atoms with E-state index in [1.165, 1.54) is 0 Å². The number of carbonyl (C=O) groups is 4. The molecule has 0 spiro atoms. The van der Waals surface area contributed by atoms with Crippen LogP contribution in [0.2, 0.25) is 0 Å². The van der Waals surface area contributed by atoms with Gasteiger partial charge in [-0.3, -0.25) is 19.2 Å². The molecule has 0 aliphatic heterocycles. The van der Waals surface area contributed by atoms with E-state index in [-0.39, 0.29) is 6.42 Å². The Kier molecular flexibility index (Phi) is 14.2. The van der Waals surface area contributed by atoms with Crippen LogP contribution in [0.3, 0.4) is 0 Å². The molecule has 0 saturated carbocycles. The van der Waals surface area contributed by atoms with Gasteiger partial charge in [0, 0.05) is 13.8 Å². The largest absolute Gasteiger partial charge is 0.481 e. The number of amides is 1. The first-order valence-corrected chi connectivity index (χ1v) is 4.16. The Morgan fingerprint density at radius 2 is 1.24 bits per heavy atom. The molecule has 0 rings (SSSR count). The third kappa shape index (κ3) is 56.9. The van der Waals surface area contributed by atoms with Gasteiger partial charge in [0.2, 0.25) is 5.91 Å². The molecule has 17 heavy (non-hydrogen) atoms. The molecular formula is C8H16N2O7. The Morgan fingerprint density at radius 1 is 1.00 bits per heavy atom. The Bertz CT molecular complexity index is 257. The van der Waals surface area contributed by atoms with Gasteiger partial charge in [-0.25, -0.2) is 0 Å². The molecule has 1 amide bonds. The maximum atomic E-state index is 9.99. The molecule has 0 aromatic carbocycles. The minimum Gasteiger partial charge on any atom is -0.481 e. The monoisotopic (exact) mass is 252 g/mol. The van der Waals surface area contributed by atoms with Gasteiger partial charge in [-0.05, 0) is 0 Å². The standard InChI is InChI=1S/C4H8N2O3.2C2H4O2/c5-2(4(8)9)1-3(6)7;2*1-2(3)4/h2H,1,5H2,(H2,6,7)(H,8,9);2*1H3,(H,3,4)/t2-;;/m0../s1. The van der Waals surface area contributed by atoms with Crippen LogP contribution in [0.1, 0.15) is 20.3 Å².